The Labute approximate surface area is 123 Å². The Morgan fingerprint density at radius 1 is 1.20 bits per heavy atom. The summed E-state index contributed by atoms with van der Waals surface area (Å²) in [4.78, 5) is 24.0. The van der Waals surface area contributed by atoms with Gasteiger partial charge in [-0.15, -0.1) is 11.8 Å². The van der Waals surface area contributed by atoms with E-state index in [4.69, 9.17) is 9.47 Å². The van der Waals surface area contributed by atoms with Gasteiger partial charge in [-0.3, -0.25) is 4.79 Å². The zero-order chi connectivity index (χ0) is 15.0. The van der Waals surface area contributed by atoms with E-state index in [1.54, 1.807) is 33.0 Å². The Balaban J connectivity index is 2.81. The van der Waals surface area contributed by atoms with Crippen molar-refractivity contribution in [1.29, 1.82) is 0 Å². The fourth-order valence-corrected chi connectivity index (χ4v) is 2.29. The van der Waals surface area contributed by atoms with E-state index in [1.807, 2.05) is 6.07 Å². The van der Waals surface area contributed by atoms with E-state index in [0.29, 0.717) is 24.5 Å². The van der Waals surface area contributed by atoms with Crippen molar-refractivity contribution >= 4 is 29.4 Å². The van der Waals surface area contributed by atoms with Crippen molar-refractivity contribution < 1.29 is 19.1 Å². The summed E-state index contributed by atoms with van der Waals surface area (Å²) in [5, 5.41) is 2.95. The molecule has 0 bridgehead atoms. The number of hydrogen-bond acceptors (Lipinski definition) is 6. The van der Waals surface area contributed by atoms with Crippen molar-refractivity contribution in [2.75, 3.05) is 31.3 Å². The third-order valence-electron chi connectivity index (χ3n) is 2.42. The molecule has 1 aromatic rings. The highest BCUT2D eigenvalue weighted by atomic mass is 32.2. The Bertz CT molecular complexity index is 476. The number of anilines is 1. The number of ether oxygens (including phenoxy) is 2. The number of thioether (sulfide) groups is 1. The highest BCUT2D eigenvalue weighted by Crippen LogP contribution is 2.25. The minimum atomic E-state index is -0.379. The molecule has 0 heterocycles. The maximum absolute atomic E-state index is 11.9. The maximum Gasteiger partial charge on any atom is 0.340 e. The average Bonchev–Trinajstić information content (AvgIpc) is 2.45. The molecule has 1 aromatic carbocycles. The van der Waals surface area contributed by atoms with Gasteiger partial charge >= 0.3 is 11.9 Å². The van der Waals surface area contributed by atoms with Gasteiger partial charge in [-0.2, -0.15) is 0 Å². The second-order valence-electron chi connectivity index (χ2n) is 3.77. The number of carbonyl (C=O) groups is 2. The average molecular weight is 297 g/mol. The van der Waals surface area contributed by atoms with Crippen LogP contribution in [-0.4, -0.2) is 38.0 Å². The van der Waals surface area contributed by atoms with E-state index in [9.17, 15) is 9.59 Å². The Kier molecular flexibility index (Phi) is 6.93. The first kappa shape index (κ1) is 16.4. The molecule has 0 fully saturated rings. The molecule has 0 saturated carbocycles. The van der Waals surface area contributed by atoms with E-state index in [1.165, 1.54) is 11.8 Å². The number of carbonyl (C=O) groups excluding carboxylic acids is 2. The fraction of sp³-hybridized carbons (Fsp3) is 0.429. The molecule has 0 aliphatic rings. The van der Waals surface area contributed by atoms with Crippen molar-refractivity contribution in [3.8, 4) is 0 Å². The molecule has 0 spiro atoms. The highest BCUT2D eigenvalue weighted by molar-refractivity contribution is 8.00. The molecule has 20 heavy (non-hydrogen) atoms. The fourth-order valence-electron chi connectivity index (χ4n) is 1.55. The normalized spacial score (nSPS) is 9.95. The van der Waals surface area contributed by atoms with Crippen LogP contribution < -0.4 is 5.32 Å². The van der Waals surface area contributed by atoms with Crippen LogP contribution in [0.5, 0.6) is 0 Å². The topological polar surface area (TPSA) is 64.6 Å². The SMILES string of the molecule is CCOC(=O)CSc1ccc(NC)c(C(=O)OCC)c1. The molecule has 110 valence electrons. The Hall–Kier alpha value is -1.69. The minimum Gasteiger partial charge on any atom is -0.465 e. The van der Waals surface area contributed by atoms with E-state index in [-0.39, 0.29) is 17.7 Å². The molecule has 1 rings (SSSR count). The van der Waals surface area contributed by atoms with E-state index < -0.39 is 0 Å². The van der Waals surface area contributed by atoms with Crippen LogP contribution in [0.2, 0.25) is 0 Å². The largest absolute Gasteiger partial charge is 0.465 e. The van der Waals surface area contributed by atoms with Crippen molar-refractivity contribution in [1.82, 2.24) is 0 Å². The van der Waals surface area contributed by atoms with Crippen LogP contribution >= 0.6 is 11.8 Å². The first-order valence-corrected chi connectivity index (χ1v) is 7.38. The summed E-state index contributed by atoms with van der Waals surface area (Å²) in [5.41, 5.74) is 1.16. The second-order valence-corrected chi connectivity index (χ2v) is 4.82. The van der Waals surface area contributed by atoms with Gasteiger partial charge in [-0.25, -0.2) is 4.79 Å². The van der Waals surface area contributed by atoms with Crippen LogP contribution in [0.15, 0.2) is 23.1 Å². The van der Waals surface area contributed by atoms with Crippen LogP contribution in [-0.2, 0) is 14.3 Å². The number of rotatable bonds is 7. The van der Waals surface area contributed by atoms with Gasteiger partial charge in [-0.1, -0.05) is 0 Å². The third kappa shape index (κ3) is 4.77. The van der Waals surface area contributed by atoms with Crippen molar-refractivity contribution in [2.24, 2.45) is 0 Å². The molecule has 0 atom stereocenters. The van der Waals surface area contributed by atoms with E-state index in [0.717, 1.165) is 4.90 Å². The lowest BCUT2D eigenvalue weighted by atomic mass is 10.2. The molecule has 0 saturated heterocycles. The zero-order valence-electron chi connectivity index (χ0n) is 11.9. The minimum absolute atomic E-state index is 0.217. The van der Waals surface area contributed by atoms with Crippen LogP contribution in [0.1, 0.15) is 24.2 Å². The van der Waals surface area contributed by atoms with E-state index in [2.05, 4.69) is 5.32 Å². The van der Waals surface area contributed by atoms with Gasteiger partial charge in [0.05, 0.1) is 24.5 Å². The van der Waals surface area contributed by atoms with Gasteiger partial charge in [0.1, 0.15) is 0 Å². The predicted molar refractivity (Wildman–Crippen MR) is 79.3 cm³/mol. The Morgan fingerprint density at radius 2 is 1.90 bits per heavy atom. The van der Waals surface area contributed by atoms with Gasteiger partial charge < -0.3 is 14.8 Å². The molecule has 0 aromatic heterocycles. The lowest BCUT2D eigenvalue weighted by Crippen LogP contribution is -2.09. The van der Waals surface area contributed by atoms with Crippen molar-refractivity contribution in [3.05, 3.63) is 23.8 Å². The van der Waals surface area contributed by atoms with Gasteiger partial charge in [-0.05, 0) is 32.0 Å². The molecule has 6 heteroatoms. The summed E-state index contributed by atoms with van der Waals surface area (Å²) in [7, 11) is 1.74. The van der Waals surface area contributed by atoms with E-state index >= 15 is 0 Å². The standard InChI is InChI=1S/C14H19NO4S/c1-4-18-13(16)9-20-10-6-7-12(15-3)11(8-10)14(17)19-5-2/h6-8,15H,4-5,9H2,1-3H3. The molecule has 1 N–H and O–H groups in total. The highest BCUT2D eigenvalue weighted by Gasteiger charge is 2.13. The van der Waals surface area contributed by atoms with Gasteiger partial charge in [0.15, 0.2) is 0 Å². The first-order valence-electron chi connectivity index (χ1n) is 6.39. The molecule has 0 radical (unpaired) electrons. The van der Waals surface area contributed by atoms with Crippen molar-refractivity contribution in [3.63, 3.8) is 0 Å². The predicted octanol–water partition coefficient (Wildman–Crippen LogP) is 2.56. The summed E-state index contributed by atoms with van der Waals surface area (Å²) in [6.07, 6.45) is 0. The molecular formula is C14H19NO4S. The molecule has 5 nitrogen and oxygen atoms in total. The lowest BCUT2D eigenvalue weighted by molar-refractivity contribution is -0.139. The van der Waals surface area contributed by atoms with Crippen LogP contribution in [0, 0.1) is 0 Å². The number of esters is 2. The monoisotopic (exact) mass is 297 g/mol. The summed E-state index contributed by atoms with van der Waals surface area (Å²) < 4.78 is 9.87. The van der Waals surface area contributed by atoms with Crippen LogP contribution in [0.4, 0.5) is 5.69 Å². The Morgan fingerprint density at radius 3 is 2.50 bits per heavy atom. The smallest absolute Gasteiger partial charge is 0.340 e. The summed E-state index contributed by atoms with van der Waals surface area (Å²) in [6.45, 7) is 4.22. The first-order chi connectivity index (χ1) is 9.62. The summed E-state index contributed by atoms with van der Waals surface area (Å²) in [5.74, 6) is -0.432. The molecule has 0 unspecified atom stereocenters. The zero-order valence-corrected chi connectivity index (χ0v) is 12.7. The van der Waals surface area contributed by atoms with Gasteiger partial charge in [0.2, 0.25) is 0 Å². The van der Waals surface area contributed by atoms with Crippen molar-refractivity contribution in [2.45, 2.75) is 18.7 Å². The molecule has 0 amide bonds. The van der Waals surface area contributed by atoms with Gasteiger partial charge in [0.25, 0.3) is 0 Å². The quantitative estimate of drug-likeness (QED) is 0.616. The van der Waals surface area contributed by atoms with Gasteiger partial charge in [0, 0.05) is 17.6 Å². The second kappa shape index (κ2) is 8.47. The van der Waals surface area contributed by atoms with Crippen LogP contribution in [0.3, 0.4) is 0 Å². The summed E-state index contributed by atoms with van der Waals surface area (Å²) >= 11 is 1.33. The molecular weight excluding hydrogens is 278 g/mol. The maximum atomic E-state index is 11.9. The third-order valence-corrected chi connectivity index (χ3v) is 3.39. The summed E-state index contributed by atoms with van der Waals surface area (Å²) in [6, 6.07) is 5.35. The number of nitrogens with one attached hydrogen (secondary N) is 1. The lowest BCUT2D eigenvalue weighted by Gasteiger charge is -2.10. The number of benzene rings is 1. The van der Waals surface area contributed by atoms with Crippen LogP contribution in [0.25, 0.3) is 0 Å². The molecule has 0 aliphatic heterocycles. The molecule has 0 aliphatic carbocycles. The number of hydrogen-bond donors (Lipinski definition) is 1.